The molecular weight excluding hydrogens is 274 g/mol. The van der Waals surface area contributed by atoms with E-state index >= 15 is 0 Å². The van der Waals surface area contributed by atoms with E-state index in [1.165, 1.54) is 6.42 Å². The first-order valence-electron chi connectivity index (χ1n) is 7.34. The minimum atomic E-state index is -3.41. The van der Waals surface area contributed by atoms with Crippen LogP contribution >= 0.6 is 0 Å². The molecule has 2 aliphatic rings. The lowest BCUT2D eigenvalue weighted by atomic mass is 9.71. The molecular formula is C14H23N3O2S. The van der Waals surface area contributed by atoms with E-state index in [4.69, 9.17) is 5.73 Å². The predicted octanol–water partition coefficient (Wildman–Crippen LogP) is 1.75. The van der Waals surface area contributed by atoms with Gasteiger partial charge in [-0.3, -0.25) is 0 Å². The number of nitrogens with zero attached hydrogens (tertiary/aromatic N) is 1. The van der Waals surface area contributed by atoms with Crippen LogP contribution in [0.15, 0.2) is 17.2 Å². The van der Waals surface area contributed by atoms with Gasteiger partial charge in [-0.05, 0) is 37.2 Å². The van der Waals surface area contributed by atoms with E-state index in [9.17, 15) is 8.42 Å². The van der Waals surface area contributed by atoms with E-state index < -0.39 is 10.0 Å². The highest BCUT2D eigenvalue weighted by Gasteiger charge is 2.34. The molecule has 1 heterocycles. The van der Waals surface area contributed by atoms with Crippen LogP contribution in [0.25, 0.3) is 0 Å². The van der Waals surface area contributed by atoms with Crippen LogP contribution in [-0.2, 0) is 16.6 Å². The Kier molecular flexibility index (Phi) is 3.43. The molecule has 1 aromatic rings. The molecule has 1 aromatic heterocycles. The highest BCUT2D eigenvalue weighted by molar-refractivity contribution is 7.89. The molecule has 0 bridgehead atoms. The summed E-state index contributed by atoms with van der Waals surface area (Å²) in [7, 11) is -3.41. The standard InChI is InChI=1S/C14H23N3O2S/c1-14(5-2-6-14)10-16-20(18,19)13-7-12(8-15)17(9-13)11-3-4-11/h7,9,11,16H,2-6,8,10,15H2,1H3. The largest absolute Gasteiger partial charge is 0.346 e. The Balaban J connectivity index is 1.76. The van der Waals surface area contributed by atoms with Gasteiger partial charge in [0.25, 0.3) is 0 Å². The van der Waals surface area contributed by atoms with E-state index in [2.05, 4.69) is 11.6 Å². The van der Waals surface area contributed by atoms with E-state index in [-0.39, 0.29) is 5.41 Å². The van der Waals surface area contributed by atoms with Crippen molar-refractivity contribution in [3.63, 3.8) is 0 Å². The van der Waals surface area contributed by atoms with Crippen molar-refractivity contribution < 1.29 is 8.42 Å². The van der Waals surface area contributed by atoms with Crippen LogP contribution in [0, 0.1) is 5.41 Å². The smallest absolute Gasteiger partial charge is 0.242 e. The summed E-state index contributed by atoms with van der Waals surface area (Å²) in [5.74, 6) is 0. The zero-order valence-corrected chi connectivity index (χ0v) is 12.7. The quantitative estimate of drug-likeness (QED) is 0.840. The fourth-order valence-electron chi connectivity index (χ4n) is 2.81. The minimum Gasteiger partial charge on any atom is -0.346 e. The van der Waals surface area contributed by atoms with Crippen molar-refractivity contribution in [1.29, 1.82) is 0 Å². The maximum absolute atomic E-state index is 12.4. The average molecular weight is 297 g/mol. The Morgan fingerprint density at radius 2 is 2.15 bits per heavy atom. The first kappa shape index (κ1) is 14.1. The maximum Gasteiger partial charge on any atom is 0.242 e. The van der Waals surface area contributed by atoms with Gasteiger partial charge in [-0.2, -0.15) is 0 Å². The van der Waals surface area contributed by atoms with Crippen molar-refractivity contribution in [2.45, 2.75) is 56.5 Å². The van der Waals surface area contributed by atoms with Gasteiger partial charge in [0.2, 0.25) is 10.0 Å². The Morgan fingerprint density at radius 1 is 1.45 bits per heavy atom. The van der Waals surface area contributed by atoms with Crippen molar-refractivity contribution >= 4 is 10.0 Å². The number of rotatable bonds is 6. The molecule has 6 heteroatoms. The third-order valence-electron chi connectivity index (χ3n) is 4.62. The maximum atomic E-state index is 12.4. The topological polar surface area (TPSA) is 77.1 Å². The van der Waals surface area contributed by atoms with Crippen LogP contribution < -0.4 is 10.5 Å². The Bertz CT molecular complexity index is 598. The van der Waals surface area contributed by atoms with Crippen molar-refractivity contribution in [3.8, 4) is 0 Å². The number of nitrogens with one attached hydrogen (secondary N) is 1. The highest BCUT2D eigenvalue weighted by Crippen LogP contribution is 2.40. The van der Waals surface area contributed by atoms with E-state index in [0.717, 1.165) is 31.4 Å². The average Bonchev–Trinajstić information content (AvgIpc) is 3.13. The lowest BCUT2D eigenvalue weighted by Gasteiger charge is -2.38. The van der Waals surface area contributed by atoms with Crippen LogP contribution in [0.5, 0.6) is 0 Å². The fourth-order valence-corrected chi connectivity index (χ4v) is 4.06. The first-order chi connectivity index (χ1) is 9.43. The molecule has 5 nitrogen and oxygen atoms in total. The normalized spacial score (nSPS) is 21.7. The SMILES string of the molecule is CC1(CNS(=O)(=O)c2cc(CN)n(C3CC3)c2)CCC1. The van der Waals surface area contributed by atoms with Crippen LogP contribution in [-0.4, -0.2) is 19.5 Å². The Labute approximate surface area is 120 Å². The zero-order valence-electron chi connectivity index (χ0n) is 11.9. The molecule has 0 radical (unpaired) electrons. The zero-order chi connectivity index (χ0) is 14.4. The number of aromatic nitrogens is 1. The molecule has 0 atom stereocenters. The summed E-state index contributed by atoms with van der Waals surface area (Å²) in [6, 6.07) is 2.16. The van der Waals surface area contributed by atoms with Gasteiger partial charge in [-0.1, -0.05) is 13.3 Å². The molecule has 3 rings (SSSR count). The summed E-state index contributed by atoms with van der Waals surface area (Å²) in [5, 5.41) is 0. The number of nitrogens with two attached hydrogens (primary N) is 1. The van der Waals surface area contributed by atoms with Gasteiger partial charge in [0.15, 0.2) is 0 Å². The van der Waals surface area contributed by atoms with Crippen LogP contribution in [0.2, 0.25) is 0 Å². The summed E-state index contributed by atoms with van der Waals surface area (Å²) < 4.78 is 29.5. The third kappa shape index (κ3) is 2.64. The van der Waals surface area contributed by atoms with Gasteiger partial charge >= 0.3 is 0 Å². The fraction of sp³-hybridized carbons (Fsp3) is 0.714. The lowest BCUT2D eigenvalue weighted by molar-refractivity contribution is 0.166. The molecule has 0 aliphatic heterocycles. The summed E-state index contributed by atoms with van der Waals surface area (Å²) in [4.78, 5) is 0.354. The molecule has 2 aliphatic carbocycles. The molecule has 0 amide bonds. The first-order valence-corrected chi connectivity index (χ1v) is 8.82. The van der Waals surface area contributed by atoms with Crippen LogP contribution in [0.1, 0.15) is 50.8 Å². The monoisotopic (exact) mass is 297 g/mol. The molecule has 20 heavy (non-hydrogen) atoms. The van der Waals surface area contributed by atoms with Crippen molar-refractivity contribution in [1.82, 2.24) is 9.29 Å². The number of hydrogen-bond acceptors (Lipinski definition) is 3. The second-order valence-corrected chi connectivity index (χ2v) is 8.27. The molecule has 2 saturated carbocycles. The van der Waals surface area contributed by atoms with E-state index in [1.807, 2.05) is 4.57 Å². The number of sulfonamides is 1. The molecule has 112 valence electrons. The van der Waals surface area contributed by atoms with Gasteiger partial charge in [0, 0.05) is 31.0 Å². The molecule has 0 unspecified atom stereocenters. The predicted molar refractivity (Wildman–Crippen MR) is 77.7 cm³/mol. The summed E-state index contributed by atoms with van der Waals surface area (Å²) in [6.07, 6.45) is 7.39. The van der Waals surface area contributed by atoms with E-state index in [0.29, 0.717) is 24.0 Å². The third-order valence-corrected chi connectivity index (χ3v) is 5.98. The second kappa shape index (κ2) is 4.86. The van der Waals surface area contributed by atoms with Gasteiger partial charge in [0.1, 0.15) is 0 Å². The van der Waals surface area contributed by atoms with Crippen LogP contribution in [0.3, 0.4) is 0 Å². The molecule has 0 aromatic carbocycles. The van der Waals surface area contributed by atoms with Crippen molar-refractivity contribution in [3.05, 3.63) is 18.0 Å². The van der Waals surface area contributed by atoms with Gasteiger partial charge in [-0.25, -0.2) is 13.1 Å². The number of hydrogen-bond donors (Lipinski definition) is 2. The molecule has 0 saturated heterocycles. The Morgan fingerprint density at radius 3 is 2.65 bits per heavy atom. The minimum absolute atomic E-state index is 0.142. The van der Waals surface area contributed by atoms with Gasteiger partial charge in [-0.15, -0.1) is 0 Å². The van der Waals surface area contributed by atoms with Crippen molar-refractivity contribution in [2.24, 2.45) is 11.1 Å². The molecule has 2 fully saturated rings. The van der Waals surface area contributed by atoms with Crippen molar-refractivity contribution in [2.75, 3.05) is 6.54 Å². The molecule has 3 N–H and O–H groups in total. The lowest BCUT2D eigenvalue weighted by Crippen LogP contribution is -2.39. The summed E-state index contributed by atoms with van der Waals surface area (Å²) in [6.45, 7) is 3.05. The van der Waals surface area contributed by atoms with Gasteiger partial charge in [0.05, 0.1) is 4.90 Å². The van der Waals surface area contributed by atoms with Gasteiger partial charge < -0.3 is 10.3 Å². The molecule has 0 spiro atoms. The Hall–Kier alpha value is -0.850. The second-order valence-electron chi connectivity index (χ2n) is 6.50. The summed E-state index contributed by atoms with van der Waals surface area (Å²) >= 11 is 0. The summed E-state index contributed by atoms with van der Waals surface area (Å²) in [5.41, 5.74) is 6.76. The van der Waals surface area contributed by atoms with E-state index in [1.54, 1.807) is 12.3 Å². The highest BCUT2D eigenvalue weighted by atomic mass is 32.2. The van der Waals surface area contributed by atoms with Crippen LogP contribution in [0.4, 0.5) is 0 Å².